The van der Waals surface area contributed by atoms with Gasteiger partial charge in [-0.25, -0.2) is 5.43 Å². The van der Waals surface area contributed by atoms with Crippen molar-refractivity contribution in [3.05, 3.63) is 34.9 Å². The van der Waals surface area contributed by atoms with Crippen LogP contribution in [0.25, 0.3) is 0 Å². The first-order chi connectivity index (χ1) is 7.74. The summed E-state index contributed by atoms with van der Waals surface area (Å²) in [6, 6.07) is 6.69. The van der Waals surface area contributed by atoms with Crippen molar-refractivity contribution in [2.75, 3.05) is 0 Å². The molecule has 0 atom stereocenters. The number of hydrogen-bond acceptors (Lipinski definition) is 2. The minimum absolute atomic E-state index is 0.218. The van der Waals surface area contributed by atoms with Crippen LogP contribution in [0, 0.1) is 0 Å². The lowest BCUT2D eigenvalue weighted by atomic mass is 10.2. The van der Waals surface area contributed by atoms with Crippen molar-refractivity contribution < 1.29 is 4.79 Å². The Balaban J connectivity index is 2.40. The number of amides is 1. The fraction of sp³-hybridized carbons (Fsp3) is 0.333. The van der Waals surface area contributed by atoms with Crippen LogP contribution in [0.4, 0.5) is 0 Å². The molecule has 1 rings (SSSR count). The molecule has 3 nitrogen and oxygen atoms in total. The molecule has 4 heteroatoms. The molecule has 0 aliphatic carbocycles. The molecular weight excluding hydrogens is 224 g/mol. The van der Waals surface area contributed by atoms with E-state index in [0.717, 1.165) is 19.3 Å². The molecule has 1 amide bonds. The van der Waals surface area contributed by atoms with Gasteiger partial charge in [-0.05, 0) is 37.1 Å². The lowest BCUT2D eigenvalue weighted by Gasteiger charge is -1.99. The molecule has 0 aromatic heterocycles. The van der Waals surface area contributed by atoms with Gasteiger partial charge in [-0.2, -0.15) is 5.10 Å². The molecule has 1 aromatic carbocycles. The molecule has 0 radical (unpaired) electrons. The zero-order valence-electron chi connectivity index (χ0n) is 9.24. The molecule has 0 unspecified atom stereocenters. The third kappa shape index (κ3) is 4.45. The third-order valence-corrected chi connectivity index (χ3v) is 2.30. The molecule has 0 saturated carbocycles. The van der Waals surface area contributed by atoms with E-state index in [1.807, 2.05) is 0 Å². The standard InChI is InChI=1S/C12H15ClN2O/c1-2-3-4-9-14-15-12(16)10-5-7-11(13)8-6-10/h5-9H,2-4H2,1H3,(H,15,16)/b14-9+. The molecule has 0 aliphatic heterocycles. The van der Waals surface area contributed by atoms with Gasteiger partial charge in [0.2, 0.25) is 0 Å². The Morgan fingerprint density at radius 3 is 2.75 bits per heavy atom. The van der Waals surface area contributed by atoms with E-state index in [1.165, 1.54) is 0 Å². The predicted molar refractivity (Wildman–Crippen MR) is 66.9 cm³/mol. The third-order valence-electron chi connectivity index (χ3n) is 2.05. The number of nitrogens with zero attached hydrogens (tertiary/aromatic N) is 1. The summed E-state index contributed by atoms with van der Waals surface area (Å²) < 4.78 is 0. The molecule has 0 saturated heterocycles. The Labute approximate surface area is 101 Å². The van der Waals surface area contributed by atoms with Gasteiger partial charge in [0.25, 0.3) is 5.91 Å². The largest absolute Gasteiger partial charge is 0.271 e. The van der Waals surface area contributed by atoms with Crippen LogP contribution >= 0.6 is 11.6 Å². The van der Waals surface area contributed by atoms with Gasteiger partial charge < -0.3 is 0 Å². The molecule has 16 heavy (non-hydrogen) atoms. The lowest BCUT2D eigenvalue weighted by molar-refractivity contribution is 0.0955. The molecule has 0 bridgehead atoms. The van der Waals surface area contributed by atoms with Crippen molar-refractivity contribution in [2.45, 2.75) is 26.2 Å². The van der Waals surface area contributed by atoms with Crippen molar-refractivity contribution in [3.8, 4) is 0 Å². The molecule has 0 aliphatic rings. The highest BCUT2D eigenvalue weighted by Gasteiger charge is 2.02. The summed E-state index contributed by atoms with van der Waals surface area (Å²) in [7, 11) is 0. The van der Waals surface area contributed by atoms with E-state index in [0.29, 0.717) is 10.6 Å². The van der Waals surface area contributed by atoms with Gasteiger partial charge >= 0.3 is 0 Å². The van der Waals surface area contributed by atoms with Crippen LogP contribution in [0.5, 0.6) is 0 Å². The quantitative estimate of drug-likeness (QED) is 0.478. The number of benzene rings is 1. The van der Waals surface area contributed by atoms with E-state index < -0.39 is 0 Å². The number of carbonyl (C=O) groups is 1. The lowest BCUT2D eigenvalue weighted by Crippen LogP contribution is -2.17. The molecule has 0 heterocycles. The molecule has 1 aromatic rings. The Kier molecular flexibility index (Phi) is 5.57. The number of halogens is 1. The monoisotopic (exact) mass is 238 g/mol. The highest BCUT2D eigenvalue weighted by molar-refractivity contribution is 6.30. The number of hydrogen-bond donors (Lipinski definition) is 1. The van der Waals surface area contributed by atoms with Crippen molar-refractivity contribution in [1.82, 2.24) is 5.43 Å². The molecule has 0 fully saturated rings. The first-order valence-corrected chi connectivity index (χ1v) is 5.69. The minimum atomic E-state index is -0.218. The SMILES string of the molecule is CCCC/C=N/NC(=O)c1ccc(Cl)cc1. The Hall–Kier alpha value is -1.35. The summed E-state index contributed by atoms with van der Waals surface area (Å²) in [6.45, 7) is 2.11. The van der Waals surface area contributed by atoms with Gasteiger partial charge in [-0.15, -0.1) is 0 Å². The van der Waals surface area contributed by atoms with Gasteiger partial charge in [-0.1, -0.05) is 24.9 Å². The van der Waals surface area contributed by atoms with Crippen LogP contribution in [0.2, 0.25) is 5.02 Å². The van der Waals surface area contributed by atoms with E-state index in [2.05, 4.69) is 17.5 Å². The number of unbranched alkanes of at least 4 members (excludes halogenated alkanes) is 2. The van der Waals surface area contributed by atoms with E-state index >= 15 is 0 Å². The van der Waals surface area contributed by atoms with Gasteiger partial charge in [0.15, 0.2) is 0 Å². The number of rotatable bonds is 5. The van der Waals surface area contributed by atoms with Crippen LogP contribution in [0.3, 0.4) is 0 Å². The highest BCUT2D eigenvalue weighted by Crippen LogP contribution is 2.09. The normalized spacial score (nSPS) is 10.6. The zero-order valence-corrected chi connectivity index (χ0v) is 10.00. The Bertz CT molecular complexity index is 360. The maximum Gasteiger partial charge on any atom is 0.271 e. The number of nitrogens with one attached hydrogen (secondary N) is 1. The van der Waals surface area contributed by atoms with Gasteiger partial charge in [-0.3, -0.25) is 4.79 Å². The van der Waals surface area contributed by atoms with Crippen LogP contribution in [-0.2, 0) is 0 Å². The average molecular weight is 239 g/mol. The fourth-order valence-electron chi connectivity index (χ4n) is 1.13. The summed E-state index contributed by atoms with van der Waals surface area (Å²) in [5.41, 5.74) is 3.02. The minimum Gasteiger partial charge on any atom is -0.267 e. The van der Waals surface area contributed by atoms with Crippen molar-refractivity contribution >= 4 is 23.7 Å². The first-order valence-electron chi connectivity index (χ1n) is 5.31. The van der Waals surface area contributed by atoms with Crippen molar-refractivity contribution in [2.24, 2.45) is 5.10 Å². The summed E-state index contributed by atoms with van der Waals surface area (Å²) in [5.74, 6) is -0.218. The van der Waals surface area contributed by atoms with Crippen LogP contribution in [-0.4, -0.2) is 12.1 Å². The van der Waals surface area contributed by atoms with Crippen LogP contribution in [0.15, 0.2) is 29.4 Å². The van der Waals surface area contributed by atoms with Gasteiger partial charge in [0.1, 0.15) is 0 Å². The van der Waals surface area contributed by atoms with E-state index in [-0.39, 0.29) is 5.91 Å². The molecule has 0 spiro atoms. The van der Waals surface area contributed by atoms with E-state index in [9.17, 15) is 4.79 Å². The summed E-state index contributed by atoms with van der Waals surface area (Å²) in [6.07, 6.45) is 4.81. The zero-order chi connectivity index (χ0) is 11.8. The Morgan fingerprint density at radius 2 is 2.12 bits per heavy atom. The van der Waals surface area contributed by atoms with Crippen LogP contribution < -0.4 is 5.43 Å². The van der Waals surface area contributed by atoms with Crippen LogP contribution in [0.1, 0.15) is 36.5 Å². The van der Waals surface area contributed by atoms with Gasteiger partial charge in [0.05, 0.1) is 0 Å². The molecular formula is C12H15ClN2O. The first kappa shape index (κ1) is 12.7. The maximum absolute atomic E-state index is 11.5. The van der Waals surface area contributed by atoms with Gasteiger partial charge in [0, 0.05) is 16.8 Å². The van der Waals surface area contributed by atoms with Crippen molar-refractivity contribution in [1.29, 1.82) is 0 Å². The number of hydrazone groups is 1. The summed E-state index contributed by atoms with van der Waals surface area (Å²) in [5, 5.41) is 4.46. The maximum atomic E-state index is 11.5. The topological polar surface area (TPSA) is 41.5 Å². The highest BCUT2D eigenvalue weighted by atomic mass is 35.5. The van der Waals surface area contributed by atoms with Crippen molar-refractivity contribution in [3.63, 3.8) is 0 Å². The molecule has 1 N–H and O–H groups in total. The van der Waals surface area contributed by atoms with E-state index in [4.69, 9.17) is 11.6 Å². The second-order valence-corrected chi connectivity index (χ2v) is 3.84. The number of carbonyl (C=O) groups excluding carboxylic acids is 1. The fourth-order valence-corrected chi connectivity index (χ4v) is 1.26. The smallest absolute Gasteiger partial charge is 0.267 e. The van der Waals surface area contributed by atoms with E-state index in [1.54, 1.807) is 30.5 Å². The Morgan fingerprint density at radius 1 is 1.44 bits per heavy atom. The predicted octanol–water partition coefficient (Wildman–Crippen LogP) is 3.25. The summed E-state index contributed by atoms with van der Waals surface area (Å²) >= 11 is 5.72. The average Bonchev–Trinajstić information content (AvgIpc) is 2.29. The summed E-state index contributed by atoms with van der Waals surface area (Å²) in [4.78, 5) is 11.5. The second kappa shape index (κ2) is 7.01. The second-order valence-electron chi connectivity index (χ2n) is 3.40. The molecule has 86 valence electrons.